The quantitative estimate of drug-likeness (QED) is 0.903. The molecular formula is C16H21N3O3. The maximum Gasteiger partial charge on any atom is 0.325 e. The van der Waals surface area contributed by atoms with E-state index in [0.29, 0.717) is 39.0 Å². The van der Waals surface area contributed by atoms with Gasteiger partial charge in [0.05, 0.1) is 6.10 Å². The number of carbonyl (C=O) groups is 2. The smallest absolute Gasteiger partial charge is 0.325 e. The summed E-state index contributed by atoms with van der Waals surface area (Å²) in [6.07, 6.45) is 0.942. The van der Waals surface area contributed by atoms with Gasteiger partial charge in [0.15, 0.2) is 0 Å². The molecule has 1 aromatic rings. The van der Waals surface area contributed by atoms with Crippen LogP contribution in [-0.2, 0) is 4.79 Å². The predicted molar refractivity (Wildman–Crippen MR) is 82.6 cm³/mol. The van der Waals surface area contributed by atoms with E-state index in [1.165, 1.54) is 0 Å². The number of amides is 3. The van der Waals surface area contributed by atoms with E-state index in [2.05, 4.69) is 0 Å². The molecule has 3 rings (SSSR count). The summed E-state index contributed by atoms with van der Waals surface area (Å²) in [5, 5.41) is 9.49. The van der Waals surface area contributed by atoms with Crippen LogP contribution in [0.3, 0.4) is 0 Å². The summed E-state index contributed by atoms with van der Waals surface area (Å²) >= 11 is 0. The minimum atomic E-state index is -0.300. The molecule has 0 saturated carbocycles. The summed E-state index contributed by atoms with van der Waals surface area (Å²) < 4.78 is 0. The van der Waals surface area contributed by atoms with Crippen LogP contribution in [0.2, 0.25) is 0 Å². The number of likely N-dealkylation sites (tertiary alicyclic amines) is 1. The maximum atomic E-state index is 12.4. The van der Waals surface area contributed by atoms with Gasteiger partial charge in [-0.2, -0.15) is 0 Å². The van der Waals surface area contributed by atoms with Crippen LogP contribution in [-0.4, -0.2) is 65.7 Å². The summed E-state index contributed by atoms with van der Waals surface area (Å²) in [6, 6.07) is 9.39. The number of piperidine rings is 1. The Morgan fingerprint density at radius 3 is 2.45 bits per heavy atom. The fraction of sp³-hybridized carbons (Fsp3) is 0.500. The first-order chi connectivity index (χ1) is 10.6. The van der Waals surface area contributed by atoms with Gasteiger partial charge in [-0.05, 0) is 25.0 Å². The largest absolute Gasteiger partial charge is 0.393 e. The fourth-order valence-electron chi connectivity index (χ4n) is 2.96. The van der Waals surface area contributed by atoms with Gasteiger partial charge in [-0.15, -0.1) is 0 Å². The molecule has 0 aliphatic carbocycles. The normalized spacial score (nSPS) is 19.9. The van der Waals surface area contributed by atoms with Crippen molar-refractivity contribution in [2.75, 3.05) is 37.6 Å². The highest BCUT2D eigenvalue weighted by molar-refractivity contribution is 5.96. The zero-order chi connectivity index (χ0) is 15.5. The Morgan fingerprint density at radius 1 is 1.09 bits per heavy atom. The van der Waals surface area contributed by atoms with Gasteiger partial charge in [-0.25, -0.2) is 4.79 Å². The predicted octanol–water partition coefficient (Wildman–Crippen LogP) is 0.912. The molecule has 0 unspecified atom stereocenters. The number of urea groups is 1. The second-order valence-corrected chi connectivity index (χ2v) is 5.80. The molecule has 2 heterocycles. The molecule has 0 spiro atoms. The first-order valence-corrected chi connectivity index (χ1v) is 7.72. The lowest BCUT2D eigenvalue weighted by Gasteiger charge is -2.30. The van der Waals surface area contributed by atoms with Gasteiger partial charge in [0, 0.05) is 31.9 Å². The Bertz CT molecular complexity index is 541. The molecule has 6 nitrogen and oxygen atoms in total. The number of hydrogen-bond acceptors (Lipinski definition) is 3. The number of aliphatic hydroxyl groups is 1. The average molecular weight is 303 g/mol. The van der Waals surface area contributed by atoms with Gasteiger partial charge in [0.1, 0.15) is 6.54 Å². The third-order valence-corrected chi connectivity index (χ3v) is 4.31. The number of para-hydroxylation sites is 1. The van der Waals surface area contributed by atoms with Crippen molar-refractivity contribution in [3.63, 3.8) is 0 Å². The number of aliphatic hydroxyl groups excluding tert-OH is 1. The van der Waals surface area contributed by atoms with Crippen LogP contribution in [0, 0.1) is 0 Å². The van der Waals surface area contributed by atoms with Crippen molar-refractivity contribution in [2.45, 2.75) is 18.9 Å². The van der Waals surface area contributed by atoms with E-state index in [0.717, 1.165) is 5.69 Å². The highest BCUT2D eigenvalue weighted by Gasteiger charge is 2.32. The first-order valence-electron chi connectivity index (χ1n) is 7.72. The Morgan fingerprint density at radius 2 is 1.77 bits per heavy atom. The van der Waals surface area contributed by atoms with Crippen molar-refractivity contribution >= 4 is 17.6 Å². The summed E-state index contributed by atoms with van der Waals surface area (Å²) in [5.41, 5.74) is 0.864. The van der Waals surface area contributed by atoms with E-state index in [-0.39, 0.29) is 24.6 Å². The van der Waals surface area contributed by atoms with Gasteiger partial charge >= 0.3 is 6.03 Å². The maximum absolute atomic E-state index is 12.4. The van der Waals surface area contributed by atoms with E-state index < -0.39 is 0 Å². The van der Waals surface area contributed by atoms with Crippen LogP contribution in [0.4, 0.5) is 10.5 Å². The highest BCUT2D eigenvalue weighted by Crippen LogP contribution is 2.20. The minimum absolute atomic E-state index is 0.0323. The number of nitrogens with zero attached hydrogens (tertiary/aromatic N) is 3. The van der Waals surface area contributed by atoms with Crippen LogP contribution in [0.25, 0.3) is 0 Å². The summed E-state index contributed by atoms with van der Waals surface area (Å²) in [5.74, 6) is -0.0323. The van der Waals surface area contributed by atoms with Crippen molar-refractivity contribution in [2.24, 2.45) is 0 Å². The van der Waals surface area contributed by atoms with Crippen molar-refractivity contribution in [1.82, 2.24) is 9.80 Å². The van der Waals surface area contributed by atoms with Gasteiger partial charge in [-0.3, -0.25) is 9.69 Å². The Hall–Kier alpha value is -2.08. The van der Waals surface area contributed by atoms with Gasteiger partial charge in [0.25, 0.3) is 0 Å². The molecule has 0 bridgehead atoms. The second-order valence-electron chi connectivity index (χ2n) is 5.80. The molecule has 2 aliphatic heterocycles. The molecule has 2 fully saturated rings. The average Bonchev–Trinajstić information content (AvgIpc) is 2.90. The van der Waals surface area contributed by atoms with Crippen LogP contribution in [0.1, 0.15) is 12.8 Å². The summed E-state index contributed by atoms with van der Waals surface area (Å²) in [7, 11) is 0. The van der Waals surface area contributed by atoms with Crippen LogP contribution in [0.5, 0.6) is 0 Å². The second kappa shape index (κ2) is 6.36. The fourth-order valence-corrected chi connectivity index (χ4v) is 2.96. The number of benzene rings is 1. The minimum Gasteiger partial charge on any atom is -0.393 e. The number of rotatable bonds is 3. The number of hydrogen-bond donors (Lipinski definition) is 1. The van der Waals surface area contributed by atoms with E-state index in [9.17, 15) is 14.7 Å². The Balaban J connectivity index is 1.58. The van der Waals surface area contributed by atoms with Gasteiger partial charge in [-0.1, -0.05) is 18.2 Å². The standard InChI is InChI=1S/C16H21N3O3/c20-14-6-8-17(9-7-14)15(21)12-18-10-11-19(16(18)22)13-4-2-1-3-5-13/h1-5,14,20H,6-12H2. The first kappa shape index (κ1) is 14.8. The topological polar surface area (TPSA) is 64.1 Å². The Labute approximate surface area is 129 Å². The third-order valence-electron chi connectivity index (χ3n) is 4.31. The molecule has 1 aromatic carbocycles. The molecule has 1 N–H and O–H groups in total. The van der Waals surface area contributed by atoms with Crippen molar-refractivity contribution in [3.05, 3.63) is 30.3 Å². The number of carbonyl (C=O) groups excluding carboxylic acids is 2. The van der Waals surface area contributed by atoms with E-state index >= 15 is 0 Å². The molecule has 0 radical (unpaired) electrons. The van der Waals surface area contributed by atoms with E-state index in [4.69, 9.17) is 0 Å². The molecular weight excluding hydrogens is 282 g/mol. The zero-order valence-electron chi connectivity index (χ0n) is 12.5. The van der Waals surface area contributed by atoms with Gasteiger partial charge < -0.3 is 14.9 Å². The van der Waals surface area contributed by atoms with Crippen LogP contribution >= 0.6 is 0 Å². The Kier molecular flexibility index (Phi) is 4.29. The summed E-state index contributed by atoms with van der Waals surface area (Å²) in [6.45, 7) is 2.44. The zero-order valence-corrected chi connectivity index (χ0v) is 12.5. The molecule has 0 atom stereocenters. The molecule has 0 aromatic heterocycles. The molecule has 2 saturated heterocycles. The van der Waals surface area contributed by atoms with Crippen LogP contribution < -0.4 is 4.90 Å². The van der Waals surface area contributed by atoms with Gasteiger partial charge in [0.2, 0.25) is 5.91 Å². The molecule has 3 amide bonds. The highest BCUT2D eigenvalue weighted by atomic mass is 16.3. The van der Waals surface area contributed by atoms with E-state index in [1.807, 2.05) is 30.3 Å². The van der Waals surface area contributed by atoms with Crippen molar-refractivity contribution < 1.29 is 14.7 Å². The molecule has 6 heteroatoms. The molecule has 22 heavy (non-hydrogen) atoms. The lowest BCUT2D eigenvalue weighted by atomic mass is 10.1. The SMILES string of the molecule is O=C(CN1CCN(c2ccccc2)C1=O)N1CCC(O)CC1. The molecule has 118 valence electrons. The number of anilines is 1. The van der Waals surface area contributed by atoms with Crippen molar-refractivity contribution in [1.29, 1.82) is 0 Å². The third kappa shape index (κ3) is 3.06. The monoisotopic (exact) mass is 303 g/mol. The van der Waals surface area contributed by atoms with Crippen LogP contribution in [0.15, 0.2) is 30.3 Å². The van der Waals surface area contributed by atoms with E-state index in [1.54, 1.807) is 14.7 Å². The summed E-state index contributed by atoms with van der Waals surface area (Å²) in [4.78, 5) is 29.7. The lowest BCUT2D eigenvalue weighted by molar-refractivity contribution is -0.133. The molecule has 2 aliphatic rings. The van der Waals surface area contributed by atoms with Crippen molar-refractivity contribution in [3.8, 4) is 0 Å². The lowest BCUT2D eigenvalue weighted by Crippen LogP contribution is -2.46.